The Morgan fingerprint density at radius 3 is 2.94 bits per heavy atom. The van der Waals surface area contributed by atoms with Crippen LogP contribution in [0.25, 0.3) is 0 Å². The molecule has 2 rings (SSSR count). The highest BCUT2D eigenvalue weighted by Crippen LogP contribution is 2.06. The molecule has 2 N–H and O–H groups in total. The molecule has 1 aliphatic heterocycles. The summed E-state index contributed by atoms with van der Waals surface area (Å²) in [5.74, 6) is 0.197. The maximum atomic E-state index is 12.1. The summed E-state index contributed by atoms with van der Waals surface area (Å²) in [5, 5.41) is 13.2. The van der Waals surface area contributed by atoms with Gasteiger partial charge >= 0.3 is 0 Å². The molecule has 1 aromatic rings. The predicted octanol–water partition coefficient (Wildman–Crippen LogP) is -0.520. The summed E-state index contributed by atoms with van der Waals surface area (Å²) in [4.78, 5) is 25.0. The van der Waals surface area contributed by atoms with Crippen molar-refractivity contribution in [1.29, 1.82) is 0 Å². The fourth-order valence-electron chi connectivity index (χ4n) is 1.72. The molecule has 18 heavy (non-hydrogen) atoms. The van der Waals surface area contributed by atoms with E-state index in [4.69, 9.17) is 0 Å². The summed E-state index contributed by atoms with van der Waals surface area (Å²) in [6.45, 7) is 1.23. The molecule has 0 saturated carbocycles. The van der Waals surface area contributed by atoms with E-state index in [-0.39, 0.29) is 24.1 Å². The van der Waals surface area contributed by atoms with Gasteiger partial charge in [0.1, 0.15) is 5.82 Å². The number of aromatic nitrogens is 2. The number of carbonyl (C=O) groups is 2. The second-order valence-electron chi connectivity index (χ2n) is 3.98. The molecule has 0 bridgehead atoms. The van der Waals surface area contributed by atoms with E-state index in [0.29, 0.717) is 18.9 Å². The average Bonchev–Trinajstić information content (AvgIpc) is 2.63. The van der Waals surface area contributed by atoms with Crippen LogP contribution < -0.4 is 10.6 Å². The summed E-state index contributed by atoms with van der Waals surface area (Å²) in [6.07, 6.45) is 0.750. The van der Waals surface area contributed by atoms with Gasteiger partial charge < -0.3 is 15.5 Å². The Hall–Kier alpha value is -2.18. The third-order valence-electron chi connectivity index (χ3n) is 2.69. The molecule has 2 heterocycles. The number of carbonyl (C=O) groups excluding carboxylic acids is 2. The summed E-state index contributed by atoms with van der Waals surface area (Å²) < 4.78 is 0. The van der Waals surface area contributed by atoms with Crippen molar-refractivity contribution in [2.75, 3.05) is 32.0 Å². The molecule has 1 aromatic heterocycles. The first-order chi connectivity index (χ1) is 8.70. The van der Waals surface area contributed by atoms with Crippen molar-refractivity contribution < 1.29 is 9.59 Å². The molecule has 2 amide bonds. The van der Waals surface area contributed by atoms with E-state index in [9.17, 15) is 9.59 Å². The van der Waals surface area contributed by atoms with Crippen LogP contribution in [0.4, 0.5) is 5.82 Å². The zero-order valence-electron chi connectivity index (χ0n) is 10.1. The number of hydrogen-bond donors (Lipinski definition) is 2. The van der Waals surface area contributed by atoms with E-state index in [0.717, 1.165) is 6.42 Å². The molecule has 96 valence electrons. The highest BCUT2D eigenvalue weighted by Gasteiger charge is 2.22. The number of nitrogens with one attached hydrogen (secondary N) is 2. The number of rotatable bonds is 2. The van der Waals surface area contributed by atoms with Gasteiger partial charge in [0, 0.05) is 20.1 Å². The van der Waals surface area contributed by atoms with Crippen molar-refractivity contribution in [3.63, 3.8) is 0 Å². The molecule has 0 atom stereocenters. The van der Waals surface area contributed by atoms with Crippen LogP contribution in [-0.2, 0) is 4.79 Å². The molecule has 7 heteroatoms. The van der Waals surface area contributed by atoms with Crippen LogP contribution in [0.5, 0.6) is 0 Å². The predicted molar refractivity (Wildman–Crippen MR) is 65.1 cm³/mol. The zero-order chi connectivity index (χ0) is 13.0. The molecule has 0 aliphatic carbocycles. The Morgan fingerprint density at radius 2 is 2.28 bits per heavy atom. The van der Waals surface area contributed by atoms with Crippen LogP contribution in [-0.4, -0.2) is 53.6 Å². The van der Waals surface area contributed by atoms with Crippen LogP contribution in [0.2, 0.25) is 0 Å². The van der Waals surface area contributed by atoms with E-state index in [1.165, 1.54) is 4.90 Å². The first-order valence-corrected chi connectivity index (χ1v) is 5.78. The van der Waals surface area contributed by atoms with E-state index in [1.807, 2.05) is 0 Å². The maximum Gasteiger partial charge on any atom is 0.274 e. The Bertz CT molecular complexity index is 445. The smallest absolute Gasteiger partial charge is 0.274 e. The second kappa shape index (κ2) is 5.44. The highest BCUT2D eigenvalue weighted by atomic mass is 16.2. The first-order valence-electron chi connectivity index (χ1n) is 5.78. The summed E-state index contributed by atoms with van der Waals surface area (Å²) in [7, 11) is 1.73. The second-order valence-corrected chi connectivity index (χ2v) is 3.98. The molecule has 1 aliphatic rings. The van der Waals surface area contributed by atoms with Gasteiger partial charge in [-0.2, -0.15) is 0 Å². The normalized spacial score (nSPS) is 15.8. The molecular weight excluding hydrogens is 234 g/mol. The maximum absolute atomic E-state index is 12.1. The molecule has 0 aromatic carbocycles. The topological polar surface area (TPSA) is 87.2 Å². The van der Waals surface area contributed by atoms with Crippen LogP contribution in [0.15, 0.2) is 12.1 Å². The summed E-state index contributed by atoms with van der Waals surface area (Å²) >= 11 is 0. The van der Waals surface area contributed by atoms with Crippen molar-refractivity contribution >= 4 is 17.6 Å². The Morgan fingerprint density at radius 1 is 1.44 bits per heavy atom. The number of anilines is 1. The van der Waals surface area contributed by atoms with Crippen LogP contribution >= 0.6 is 0 Å². The molecule has 1 saturated heterocycles. The molecular formula is C11H15N5O2. The largest absolute Gasteiger partial charge is 0.372 e. The lowest BCUT2D eigenvalue weighted by Gasteiger charge is -2.17. The molecule has 7 nitrogen and oxygen atoms in total. The van der Waals surface area contributed by atoms with Crippen molar-refractivity contribution in [2.45, 2.75) is 6.42 Å². The van der Waals surface area contributed by atoms with Crippen molar-refractivity contribution in [1.82, 2.24) is 20.4 Å². The van der Waals surface area contributed by atoms with E-state index >= 15 is 0 Å². The zero-order valence-corrected chi connectivity index (χ0v) is 10.1. The molecule has 0 unspecified atom stereocenters. The average molecular weight is 249 g/mol. The number of hydrogen-bond acceptors (Lipinski definition) is 5. The van der Waals surface area contributed by atoms with Crippen molar-refractivity contribution in [3.05, 3.63) is 17.8 Å². The SMILES string of the molecule is CNc1ccc(C(=O)N2CCCNC(=O)C2)nn1. The van der Waals surface area contributed by atoms with Gasteiger partial charge in [0.25, 0.3) is 5.91 Å². The Kier molecular flexibility index (Phi) is 3.71. The van der Waals surface area contributed by atoms with Gasteiger partial charge in [-0.3, -0.25) is 9.59 Å². The highest BCUT2D eigenvalue weighted by molar-refractivity contribution is 5.95. The Labute approximate surface area is 105 Å². The van der Waals surface area contributed by atoms with E-state index < -0.39 is 0 Å². The van der Waals surface area contributed by atoms with Crippen molar-refractivity contribution in [2.24, 2.45) is 0 Å². The van der Waals surface area contributed by atoms with Gasteiger partial charge in [-0.05, 0) is 18.6 Å². The van der Waals surface area contributed by atoms with Crippen molar-refractivity contribution in [3.8, 4) is 0 Å². The number of nitrogens with zero attached hydrogens (tertiary/aromatic N) is 3. The van der Waals surface area contributed by atoms with Gasteiger partial charge in [-0.1, -0.05) is 0 Å². The fraction of sp³-hybridized carbons (Fsp3) is 0.455. The summed E-state index contributed by atoms with van der Waals surface area (Å²) in [5.41, 5.74) is 0.253. The van der Waals surface area contributed by atoms with Gasteiger partial charge in [0.2, 0.25) is 5.91 Å². The molecule has 1 fully saturated rings. The van der Waals surface area contributed by atoms with Gasteiger partial charge in [-0.15, -0.1) is 10.2 Å². The molecule has 0 spiro atoms. The van der Waals surface area contributed by atoms with E-state index in [1.54, 1.807) is 19.2 Å². The third kappa shape index (κ3) is 2.73. The lowest BCUT2D eigenvalue weighted by atomic mass is 10.3. The quantitative estimate of drug-likeness (QED) is 0.736. The minimum atomic E-state index is -0.262. The van der Waals surface area contributed by atoms with Gasteiger partial charge in [-0.25, -0.2) is 0 Å². The van der Waals surface area contributed by atoms with E-state index in [2.05, 4.69) is 20.8 Å². The van der Waals surface area contributed by atoms with Gasteiger partial charge in [0.05, 0.1) is 6.54 Å². The standard InChI is InChI=1S/C11H15N5O2/c1-12-9-4-3-8(14-15-9)11(18)16-6-2-5-13-10(17)7-16/h3-4H,2,5-7H2,1H3,(H,12,15)(H,13,17). The monoisotopic (exact) mass is 249 g/mol. The third-order valence-corrected chi connectivity index (χ3v) is 2.69. The lowest BCUT2D eigenvalue weighted by molar-refractivity contribution is -0.121. The van der Waals surface area contributed by atoms with Crippen LogP contribution in [0.3, 0.4) is 0 Å². The van der Waals surface area contributed by atoms with Gasteiger partial charge in [0.15, 0.2) is 5.69 Å². The minimum absolute atomic E-state index is 0.0777. The fourth-order valence-corrected chi connectivity index (χ4v) is 1.72. The summed E-state index contributed by atoms with van der Waals surface area (Å²) in [6, 6.07) is 3.28. The van der Waals surface area contributed by atoms with Crippen LogP contribution in [0, 0.1) is 0 Å². The Balaban J connectivity index is 2.11. The lowest BCUT2D eigenvalue weighted by Crippen LogP contribution is -2.37. The minimum Gasteiger partial charge on any atom is -0.372 e. The van der Waals surface area contributed by atoms with Crippen LogP contribution in [0.1, 0.15) is 16.9 Å². The number of amides is 2. The first kappa shape index (κ1) is 12.3. The molecule has 0 radical (unpaired) electrons.